The van der Waals surface area contributed by atoms with E-state index in [1.54, 1.807) is 0 Å². The van der Waals surface area contributed by atoms with Gasteiger partial charge in [-0.15, -0.1) is 0 Å². The normalized spacial score (nSPS) is 11.7. The van der Waals surface area contributed by atoms with Crippen LogP contribution in [0.1, 0.15) is 0 Å². The van der Waals surface area contributed by atoms with Crippen LogP contribution in [-0.2, 0) is 4.57 Å². The highest BCUT2D eigenvalue weighted by atomic mass is 31.2. The van der Waals surface area contributed by atoms with Gasteiger partial charge in [-0.05, 0) is 17.7 Å². The average molecular weight is 583 g/mol. The number of hydrogen-bond acceptors (Lipinski definition) is 3. The van der Waals surface area contributed by atoms with Gasteiger partial charge in [-0.3, -0.25) is 0 Å². The van der Waals surface area contributed by atoms with Crippen molar-refractivity contribution in [2.24, 2.45) is 0 Å². The quantitative estimate of drug-likeness (QED) is 0.116. The molecule has 3 nitrogen and oxygen atoms in total. The number of nitrogens with zero attached hydrogens (tertiary/aromatic N) is 2. The number of aromatic nitrogens is 2. The van der Waals surface area contributed by atoms with Crippen molar-refractivity contribution in [1.29, 1.82) is 0 Å². The number of benzene rings is 6. The van der Waals surface area contributed by atoms with E-state index in [1.807, 2.05) is 97.1 Å². The number of rotatable bonds is 5. The molecule has 4 heteroatoms. The molecule has 0 atom stereocenters. The Morgan fingerprint density at radius 3 is 1.66 bits per heavy atom. The summed E-state index contributed by atoms with van der Waals surface area (Å²) >= 11 is 0. The summed E-state index contributed by atoms with van der Waals surface area (Å²) in [6, 6.07) is 54.9. The number of para-hydroxylation sites is 1. The summed E-state index contributed by atoms with van der Waals surface area (Å²) in [6.45, 7) is 0. The molecular weight excluding hydrogens is 555 g/mol. The van der Waals surface area contributed by atoms with Gasteiger partial charge in [-0.1, -0.05) is 152 Å². The third-order valence-corrected chi connectivity index (χ3v) is 11.4. The van der Waals surface area contributed by atoms with Gasteiger partial charge in [-0.25, -0.2) is 9.97 Å². The summed E-state index contributed by atoms with van der Waals surface area (Å²) in [7, 11) is -3.05. The molecule has 2 aromatic heterocycles. The fourth-order valence-electron chi connectivity index (χ4n) is 6.18. The van der Waals surface area contributed by atoms with Crippen LogP contribution in [0.4, 0.5) is 0 Å². The Morgan fingerprint density at radius 1 is 0.409 bits per heavy atom. The van der Waals surface area contributed by atoms with Crippen LogP contribution in [0.3, 0.4) is 0 Å². The van der Waals surface area contributed by atoms with Gasteiger partial charge in [0.15, 0.2) is 7.14 Å². The second kappa shape index (κ2) is 10.7. The van der Waals surface area contributed by atoms with Gasteiger partial charge in [0.2, 0.25) is 0 Å². The van der Waals surface area contributed by atoms with E-state index in [2.05, 4.69) is 66.7 Å². The van der Waals surface area contributed by atoms with Crippen LogP contribution in [0.25, 0.3) is 55.1 Å². The molecule has 0 unspecified atom stereocenters. The summed E-state index contributed by atoms with van der Waals surface area (Å²) in [5.74, 6) is 0. The van der Waals surface area contributed by atoms with Crippen LogP contribution < -0.4 is 15.9 Å². The van der Waals surface area contributed by atoms with Crippen LogP contribution >= 0.6 is 7.14 Å². The smallest absolute Gasteiger partial charge is 0.171 e. The fraction of sp³-hybridized carbons (Fsp3) is 0. The van der Waals surface area contributed by atoms with Gasteiger partial charge >= 0.3 is 0 Å². The molecule has 0 saturated heterocycles. The highest BCUT2D eigenvalue weighted by Crippen LogP contribution is 2.43. The highest BCUT2D eigenvalue weighted by Gasteiger charge is 2.29. The molecule has 2 heterocycles. The molecule has 8 rings (SSSR count). The standard InChI is InChI=1S/C40H27N2OP/c43-44(31-14-6-2-7-15-31,32-16-8-3-9-17-32)33-24-20-28(21-25-33)36-27-23-30-22-26-35-38(29-12-4-1-5-13-29)34-18-10-11-19-37(34)42-40(35)39(30)41-36/h1-27H. The van der Waals surface area contributed by atoms with Crippen molar-refractivity contribution in [3.8, 4) is 22.4 Å². The van der Waals surface area contributed by atoms with Crippen LogP contribution in [-0.4, -0.2) is 9.97 Å². The lowest BCUT2D eigenvalue weighted by atomic mass is 9.95. The van der Waals surface area contributed by atoms with E-state index < -0.39 is 7.14 Å². The minimum atomic E-state index is -3.05. The minimum Gasteiger partial charge on any atom is -0.309 e. The second-order valence-electron chi connectivity index (χ2n) is 10.9. The van der Waals surface area contributed by atoms with E-state index in [9.17, 15) is 4.57 Å². The molecule has 0 aliphatic heterocycles. The van der Waals surface area contributed by atoms with E-state index >= 15 is 0 Å². The Bertz CT molecular complexity index is 2290. The van der Waals surface area contributed by atoms with Crippen molar-refractivity contribution in [1.82, 2.24) is 9.97 Å². The fourth-order valence-corrected chi connectivity index (χ4v) is 8.83. The van der Waals surface area contributed by atoms with Crippen molar-refractivity contribution in [3.63, 3.8) is 0 Å². The molecular formula is C40H27N2OP. The first kappa shape index (κ1) is 26.3. The molecule has 208 valence electrons. The monoisotopic (exact) mass is 582 g/mol. The molecule has 0 fully saturated rings. The molecule has 6 aromatic carbocycles. The summed E-state index contributed by atoms with van der Waals surface area (Å²) in [6.07, 6.45) is 0. The molecule has 0 N–H and O–H groups in total. The van der Waals surface area contributed by atoms with Gasteiger partial charge in [0.05, 0.1) is 22.2 Å². The summed E-state index contributed by atoms with van der Waals surface area (Å²) in [4.78, 5) is 10.3. The predicted molar refractivity (Wildman–Crippen MR) is 185 cm³/mol. The highest BCUT2D eigenvalue weighted by molar-refractivity contribution is 7.85. The molecule has 0 aliphatic rings. The lowest BCUT2D eigenvalue weighted by Crippen LogP contribution is -2.24. The van der Waals surface area contributed by atoms with Gasteiger partial charge in [-0.2, -0.15) is 0 Å². The molecule has 0 bridgehead atoms. The molecule has 0 spiro atoms. The van der Waals surface area contributed by atoms with Crippen molar-refractivity contribution >= 4 is 55.8 Å². The third kappa shape index (κ3) is 4.33. The van der Waals surface area contributed by atoms with Gasteiger partial charge < -0.3 is 4.57 Å². The third-order valence-electron chi connectivity index (χ3n) is 8.34. The van der Waals surface area contributed by atoms with Gasteiger partial charge in [0.1, 0.15) is 0 Å². The zero-order valence-electron chi connectivity index (χ0n) is 23.8. The topological polar surface area (TPSA) is 42.9 Å². The molecule has 0 amide bonds. The Balaban J connectivity index is 1.29. The first-order valence-corrected chi connectivity index (χ1v) is 16.4. The van der Waals surface area contributed by atoms with Crippen molar-refractivity contribution in [2.75, 3.05) is 0 Å². The Hall–Kier alpha value is -5.37. The van der Waals surface area contributed by atoms with Crippen LogP contribution in [0, 0.1) is 0 Å². The lowest BCUT2D eigenvalue weighted by molar-refractivity contribution is 0.592. The van der Waals surface area contributed by atoms with E-state index in [0.29, 0.717) is 0 Å². The van der Waals surface area contributed by atoms with Crippen LogP contribution in [0.2, 0.25) is 0 Å². The summed E-state index contributed by atoms with van der Waals surface area (Å²) in [5.41, 5.74) is 6.83. The van der Waals surface area contributed by atoms with Gasteiger partial charge in [0.25, 0.3) is 0 Å². The maximum atomic E-state index is 14.8. The number of pyridine rings is 2. The van der Waals surface area contributed by atoms with Crippen LogP contribution in [0.5, 0.6) is 0 Å². The largest absolute Gasteiger partial charge is 0.309 e. The van der Waals surface area contributed by atoms with Crippen LogP contribution in [0.15, 0.2) is 164 Å². The Kier molecular flexibility index (Phi) is 6.40. The van der Waals surface area contributed by atoms with E-state index in [0.717, 1.165) is 65.4 Å². The number of fused-ring (bicyclic) bond motifs is 4. The Morgan fingerprint density at radius 2 is 0.977 bits per heavy atom. The molecule has 0 aliphatic carbocycles. The second-order valence-corrected chi connectivity index (χ2v) is 13.7. The zero-order valence-corrected chi connectivity index (χ0v) is 24.7. The van der Waals surface area contributed by atoms with Crippen molar-refractivity contribution < 1.29 is 4.57 Å². The minimum absolute atomic E-state index is 0.797. The lowest BCUT2D eigenvalue weighted by Gasteiger charge is -2.20. The molecule has 44 heavy (non-hydrogen) atoms. The van der Waals surface area contributed by atoms with E-state index in [1.165, 1.54) is 5.56 Å². The molecule has 8 aromatic rings. The van der Waals surface area contributed by atoms with Gasteiger partial charge in [0, 0.05) is 43.2 Å². The SMILES string of the molecule is O=P(c1ccccc1)(c1ccccc1)c1ccc(-c2ccc3ccc4c(-c5ccccc5)c5ccccc5nc4c3n2)cc1. The number of hydrogen-bond donors (Lipinski definition) is 0. The van der Waals surface area contributed by atoms with E-state index in [4.69, 9.17) is 9.97 Å². The van der Waals surface area contributed by atoms with Crippen molar-refractivity contribution in [3.05, 3.63) is 164 Å². The zero-order chi connectivity index (χ0) is 29.5. The first-order valence-electron chi connectivity index (χ1n) is 14.7. The summed E-state index contributed by atoms with van der Waals surface area (Å²) < 4.78 is 14.8. The average Bonchev–Trinajstić information content (AvgIpc) is 3.11. The molecule has 0 saturated carbocycles. The maximum Gasteiger partial charge on any atom is 0.171 e. The maximum absolute atomic E-state index is 14.8. The molecule has 0 radical (unpaired) electrons. The van der Waals surface area contributed by atoms with Crippen molar-refractivity contribution in [2.45, 2.75) is 0 Å². The Labute approximate surface area is 255 Å². The van der Waals surface area contributed by atoms with E-state index in [-0.39, 0.29) is 0 Å². The summed E-state index contributed by atoms with van der Waals surface area (Å²) in [5, 5.41) is 5.68. The predicted octanol–water partition coefficient (Wildman–Crippen LogP) is 8.91. The first-order chi connectivity index (χ1) is 21.7.